The van der Waals surface area contributed by atoms with Gasteiger partial charge < -0.3 is 5.11 Å². The van der Waals surface area contributed by atoms with E-state index in [1.807, 2.05) is 13.0 Å². The molecular weight excluding hydrogens is 204 g/mol. The largest absolute Gasteiger partial charge is 0.478 e. The van der Waals surface area contributed by atoms with Crippen LogP contribution in [0.5, 0.6) is 0 Å². The third-order valence-corrected chi connectivity index (χ3v) is 2.45. The molecule has 0 spiro atoms. The van der Waals surface area contributed by atoms with E-state index in [-0.39, 0.29) is 5.56 Å². The second kappa shape index (κ2) is 3.63. The normalized spacial score (nSPS) is 10.0. The number of aromatic carboxylic acids is 1. The molecule has 78 valence electrons. The number of fused-ring (bicyclic) bond motifs is 1. The lowest BCUT2D eigenvalue weighted by atomic mass is 10.0. The Morgan fingerprint density at radius 3 is 2.81 bits per heavy atom. The molecular formula is C12H8N2O2. The summed E-state index contributed by atoms with van der Waals surface area (Å²) in [7, 11) is 0. The minimum absolute atomic E-state index is 0.123. The quantitative estimate of drug-likeness (QED) is 0.785. The molecule has 2 rings (SSSR count). The van der Waals surface area contributed by atoms with Crippen LogP contribution in [0, 0.1) is 18.3 Å². The molecule has 0 saturated carbocycles. The first-order chi connectivity index (χ1) is 7.65. The van der Waals surface area contributed by atoms with Gasteiger partial charge in [0.15, 0.2) is 0 Å². The molecule has 1 aromatic carbocycles. The number of aryl methyl sites for hydroxylation is 1. The van der Waals surface area contributed by atoms with E-state index in [9.17, 15) is 4.79 Å². The fourth-order valence-electron chi connectivity index (χ4n) is 1.70. The predicted molar refractivity (Wildman–Crippen MR) is 58.2 cm³/mol. The molecule has 0 atom stereocenters. The highest BCUT2D eigenvalue weighted by Crippen LogP contribution is 2.23. The summed E-state index contributed by atoms with van der Waals surface area (Å²) in [5.41, 5.74) is 1.79. The van der Waals surface area contributed by atoms with Crippen LogP contribution in [-0.2, 0) is 0 Å². The number of aromatic nitrogens is 1. The number of rotatable bonds is 1. The Hall–Kier alpha value is -2.41. The fraction of sp³-hybridized carbons (Fsp3) is 0.0833. The molecule has 0 aliphatic carbocycles. The maximum Gasteiger partial charge on any atom is 0.337 e. The number of nitrogens with zero attached hydrogens (tertiary/aromatic N) is 2. The molecule has 4 nitrogen and oxygen atoms in total. The molecule has 1 heterocycles. The van der Waals surface area contributed by atoms with Crippen molar-refractivity contribution in [3.8, 4) is 6.07 Å². The Morgan fingerprint density at radius 1 is 1.44 bits per heavy atom. The van der Waals surface area contributed by atoms with Crippen molar-refractivity contribution in [3.05, 3.63) is 41.1 Å². The second-order valence-electron chi connectivity index (χ2n) is 3.43. The van der Waals surface area contributed by atoms with Gasteiger partial charge in [0.2, 0.25) is 0 Å². The van der Waals surface area contributed by atoms with Gasteiger partial charge in [-0.3, -0.25) is 4.98 Å². The van der Waals surface area contributed by atoms with Crippen LogP contribution in [-0.4, -0.2) is 16.1 Å². The Kier molecular flexibility index (Phi) is 2.29. The van der Waals surface area contributed by atoms with Crippen molar-refractivity contribution in [3.63, 3.8) is 0 Å². The van der Waals surface area contributed by atoms with Gasteiger partial charge in [0.1, 0.15) is 0 Å². The van der Waals surface area contributed by atoms with E-state index < -0.39 is 5.97 Å². The van der Waals surface area contributed by atoms with Crippen LogP contribution in [0.4, 0.5) is 0 Å². The minimum Gasteiger partial charge on any atom is -0.478 e. The van der Waals surface area contributed by atoms with Crippen LogP contribution in [0.1, 0.15) is 21.5 Å². The highest BCUT2D eigenvalue weighted by Gasteiger charge is 2.13. The van der Waals surface area contributed by atoms with Crippen molar-refractivity contribution in [2.45, 2.75) is 6.92 Å². The smallest absolute Gasteiger partial charge is 0.337 e. The number of benzene rings is 1. The molecule has 0 aliphatic heterocycles. The average molecular weight is 212 g/mol. The van der Waals surface area contributed by atoms with E-state index in [2.05, 4.69) is 4.98 Å². The zero-order valence-corrected chi connectivity index (χ0v) is 8.56. The van der Waals surface area contributed by atoms with Crippen molar-refractivity contribution in [2.24, 2.45) is 0 Å². The van der Waals surface area contributed by atoms with E-state index in [0.717, 1.165) is 5.56 Å². The molecule has 2 aromatic rings. The molecule has 0 aliphatic rings. The Bertz CT molecular complexity index is 627. The fourth-order valence-corrected chi connectivity index (χ4v) is 1.70. The van der Waals surface area contributed by atoms with Crippen LogP contribution in [0.3, 0.4) is 0 Å². The molecule has 1 N–H and O–H groups in total. The monoisotopic (exact) mass is 212 g/mol. The van der Waals surface area contributed by atoms with Gasteiger partial charge in [-0.05, 0) is 30.7 Å². The topological polar surface area (TPSA) is 74.0 Å². The van der Waals surface area contributed by atoms with Gasteiger partial charge in [-0.1, -0.05) is 0 Å². The zero-order chi connectivity index (χ0) is 11.7. The standard InChI is InChI=1S/C12H8N2O2/c1-7-4-5-14-11-9(12(15)16)3-2-8(6-13)10(7)11/h2-5H,1H3,(H,15,16). The third kappa shape index (κ3) is 1.39. The van der Waals surface area contributed by atoms with E-state index in [1.165, 1.54) is 12.1 Å². The number of carboxylic acids is 1. The van der Waals surface area contributed by atoms with Gasteiger partial charge in [-0.15, -0.1) is 0 Å². The number of hydrogen-bond donors (Lipinski definition) is 1. The summed E-state index contributed by atoms with van der Waals surface area (Å²) in [4.78, 5) is 15.0. The summed E-state index contributed by atoms with van der Waals surface area (Å²) < 4.78 is 0. The zero-order valence-electron chi connectivity index (χ0n) is 8.56. The summed E-state index contributed by atoms with van der Waals surface area (Å²) in [5, 5.41) is 18.6. The van der Waals surface area contributed by atoms with Crippen molar-refractivity contribution >= 4 is 16.9 Å². The summed E-state index contributed by atoms with van der Waals surface area (Å²) >= 11 is 0. The average Bonchev–Trinajstić information content (AvgIpc) is 2.27. The van der Waals surface area contributed by atoms with Gasteiger partial charge in [-0.25, -0.2) is 4.79 Å². The van der Waals surface area contributed by atoms with E-state index in [4.69, 9.17) is 10.4 Å². The first-order valence-electron chi connectivity index (χ1n) is 4.67. The lowest BCUT2D eigenvalue weighted by molar-refractivity contribution is 0.0699. The van der Waals surface area contributed by atoms with Gasteiger partial charge in [0.25, 0.3) is 0 Å². The van der Waals surface area contributed by atoms with Crippen LogP contribution < -0.4 is 0 Å². The summed E-state index contributed by atoms with van der Waals surface area (Å²) in [6.07, 6.45) is 1.55. The maximum atomic E-state index is 11.0. The lowest BCUT2D eigenvalue weighted by Crippen LogP contribution is -2.00. The van der Waals surface area contributed by atoms with Crippen molar-refractivity contribution in [2.75, 3.05) is 0 Å². The van der Waals surface area contributed by atoms with Gasteiger partial charge in [0.05, 0.1) is 22.7 Å². The molecule has 0 bridgehead atoms. The summed E-state index contributed by atoms with van der Waals surface area (Å²) in [6.45, 7) is 1.83. The van der Waals surface area contributed by atoms with Crippen molar-refractivity contribution in [1.29, 1.82) is 5.26 Å². The van der Waals surface area contributed by atoms with E-state index in [0.29, 0.717) is 16.5 Å². The molecule has 0 amide bonds. The van der Waals surface area contributed by atoms with Crippen LogP contribution in [0.15, 0.2) is 24.4 Å². The highest BCUT2D eigenvalue weighted by molar-refractivity contribution is 6.04. The van der Waals surface area contributed by atoms with Gasteiger partial charge in [0, 0.05) is 11.6 Å². The Morgan fingerprint density at radius 2 is 2.19 bits per heavy atom. The first kappa shape index (κ1) is 10.1. The molecule has 4 heteroatoms. The van der Waals surface area contributed by atoms with E-state index in [1.54, 1.807) is 12.3 Å². The number of carbonyl (C=O) groups is 1. The second-order valence-corrected chi connectivity index (χ2v) is 3.43. The summed E-state index contributed by atoms with van der Waals surface area (Å²) in [5.74, 6) is -1.03. The Balaban J connectivity index is 2.98. The van der Waals surface area contributed by atoms with E-state index >= 15 is 0 Å². The molecule has 0 fully saturated rings. The van der Waals surface area contributed by atoms with Crippen LogP contribution in [0.25, 0.3) is 10.9 Å². The summed E-state index contributed by atoms with van der Waals surface area (Å²) in [6, 6.07) is 6.73. The highest BCUT2D eigenvalue weighted by atomic mass is 16.4. The van der Waals surface area contributed by atoms with Crippen molar-refractivity contribution < 1.29 is 9.90 Å². The number of pyridine rings is 1. The molecule has 0 radical (unpaired) electrons. The molecule has 1 aromatic heterocycles. The van der Waals surface area contributed by atoms with Gasteiger partial charge >= 0.3 is 5.97 Å². The molecule has 16 heavy (non-hydrogen) atoms. The van der Waals surface area contributed by atoms with Crippen LogP contribution >= 0.6 is 0 Å². The number of hydrogen-bond acceptors (Lipinski definition) is 3. The Labute approximate surface area is 91.8 Å². The lowest BCUT2D eigenvalue weighted by Gasteiger charge is -2.05. The first-order valence-corrected chi connectivity index (χ1v) is 4.67. The predicted octanol–water partition coefficient (Wildman–Crippen LogP) is 2.11. The van der Waals surface area contributed by atoms with Gasteiger partial charge in [-0.2, -0.15) is 5.26 Å². The number of carboxylic acid groups (broad SMARTS) is 1. The number of nitriles is 1. The minimum atomic E-state index is -1.03. The molecule has 0 saturated heterocycles. The maximum absolute atomic E-state index is 11.0. The third-order valence-electron chi connectivity index (χ3n) is 2.45. The van der Waals surface area contributed by atoms with Crippen LogP contribution in [0.2, 0.25) is 0 Å². The van der Waals surface area contributed by atoms with Crippen molar-refractivity contribution in [1.82, 2.24) is 4.98 Å². The molecule has 0 unspecified atom stereocenters. The SMILES string of the molecule is Cc1ccnc2c(C(=O)O)ccc(C#N)c12.